The number of aryl methyl sites for hydroxylation is 1. The van der Waals surface area contributed by atoms with Crippen molar-refractivity contribution in [1.29, 1.82) is 0 Å². The molecule has 0 saturated carbocycles. The van der Waals surface area contributed by atoms with Crippen LogP contribution in [0.2, 0.25) is 5.02 Å². The zero-order chi connectivity index (χ0) is 15.3. The molecule has 0 atom stereocenters. The molecular weight excluding hydrogens is 364 g/mol. The molecule has 4 rings (SSSR count). The Morgan fingerprint density at radius 1 is 1.09 bits per heavy atom. The normalized spacial score (nSPS) is 11.4. The van der Waals surface area contributed by atoms with Gasteiger partial charge in [0.25, 0.3) is 0 Å². The van der Waals surface area contributed by atoms with Crippen molar-refractivity contribution in [2.24, 2.45) is 0 Å². The number of rotatable bonds is 1. The second kappa shape index (κ2) is 5.04. The minimum Gasteiger partial charge on any atom is -0.277 e. The summed E-state index contributed by atoms with van der Waals surface area (Å²) in [6.45, 7) is 1.93. The van der Waals surface area contributed by atoms with Crippen LogP contribution >= 0.6 is 27.5 Å². The van der Waals surface area contributed by atoms with E-state index in [2.05, 4.69) is 26.1 Å². The monoisotopic (exact) mass is 372 g/mol. The summed E-state index contributed by atoms with van der Waals surface area (Å²) in [4.78, 5) is 4.74. The molecule has 0 aliphatic heterocycles. The summed E-state index contributed by atoms with van der Waals surface area (Å²) in [5.74, 6) is 0. The number of halogens is 2. The lowest BCUT2D eigenvalue weighted by Gasteiger charge is -2.11. The summed E-state index contributed by atoms with van der Waals surface area (Å²) in [6, 6.07) is 11.8. The molecule has 0 radical (unpaired) electrons. The Balaban J connectivity index is 2.20. The predicted octanol–water partition coefficient (Wildman–Crippen LogP) is 4.67. The van der Waals surface area contributed by atoms with Crippen LogP contribution in [0.25, 0.3) is 27.8 Å². The van der Waals surface area contributed by atoms with E-state index in [1.54, 1.807) is 6.33 Å². The first-order valence-electron chi connectivity index (χ1n) is 6.70. The molecule has 0 amide bonds. The Bertz CT molecular complexity index is 1030. The van der Waals surface area contributed by atoms with Gasteiger partial charge in [0.05, 0.1) is 16.7 Å². The van der Waals surface area contributed by atoms with Gasteiger partial charge in [-0.05, 0) is 35.0 Å². The number of hydrogen-bond donors (Lipinski definition) is 0. The van der Waals surface area contributed by atoms with Crippen LogP contribution in [0.15, 0.2) is 47.2 Å². The Labute approximate surface area is 139 Å². The van der Waals surface area contributed by atoms with Gasteiger partial charge in [-0.25, -0.2) is 4.98 Å². The van der Waals surface area contributed by atoms with Crippen LogP contribution in [0.4, 0.5) is 0 Å². The molecule has 0 N–H and O–H groups in total. The average Bonchev–Trinajstić information content (AvgIpc) is 2.99. The maximum atomic E-state index is 6.36. The molecule has 0 bridgehead atoms. The van der Waals surface area contributed by atoms with Gasteiger partial charge in [0.1, 0.15) is 6.33 Å². The Morgan fingerprint density at radius 3 is 2.73 bits per heavy atom. The summed E-state index contributed by atoms with van der Waals surface area (Å²) in [5, 5.41) is 8.84. The molecule has 2 aromatic heterocycles. The van der Waals surface area contributed by atoms with Crippen LogP contribution in [0.3, 0.4) is 0 Å². The maximum Gasteiger partial charge on any atom is 0.182 e. The number of benzene rings is 2. The number of fused-ring (bicyclic) bond motifs is 3. The van der Waals surface area contributed by atoms with Crippen molar-refractivity contribution < 1.29 is 0 Å². The van der Waals surface area contributed by atoms with Gasteiger partial charge in [-0.15, -0.1) is 10.2 Å². The topological polar surface area (TPSA) is 43.1 Å². The van der Waals surface area contributed by atoms with Crippen molar-refractivity contribution in [3.8, 4) is 11.1 Å². The van der Waals surface area contributed by atoms with Crippen LogP contribution in [0.1, 0.15) is 5.69 Å². The van der Waals surface area contributed by atoms with Gasteiger partial charge in [0.15, 0.2) is 5.65 Å². The molecule has 0 unspecified atom stereocenters. The van der Waals surface area contributed by atoms with Gasteiger partial charge >= 0.3 is 0 Å². The largest absolute Gasteiger partial charge is 0.277 e. The van der Waals surface area contributed by atoms with Gasteiger partial charge < -0.3 is 0 Å². The third kappa shape index (κ3) is 1.93. The van der Waals surface area contributed by atoms with E-state index in [-0.39, 0.29) is 0 Å². The van der Waals surface area contributed by atoms with Crippen LogP contribution in [0, 0.1) is 6.92 Å². The quantitative estimate of drug-likeness (QED) is 0.487. The minimum absolute atomic E-state index is 0.703. The molecular formula is C16H10BrClN4. The van der Waals surface area contributed by atoms with E-state index in [4.69, 9.17) is 16.6 Å². The summed E-state index contributed by atoms with van der Waals surface area (Å²) in [7, 11) is 0. The summed E-state index contributed by atoms with van der Waals surface area (Å²) in [5.41, 5.74) is 5.33. The molecule has 0 aliphatic carbocycles. The van der Waals surface area contributed by atoms with E-state index < -0.39 is 0 Å². The van der Waals surface area contributed by atoms with Gasteiger partial charge in [0.2, 0.25) is 0 Å². The van der Waals surface area contributed by atoms with Gasteiger partial charge in [-0.3, -0.25) is 4.40 Å². The third-order valence-electron chi connectivity index (χ3n) is 3.66. The SMILES string of the molecule is Cc1nc2c(-c3ccccc3Cl)ccc(Br)c2n2cnnc12. The number of aromatic nitrogens is 4. The minimum atomic E-state index is 0.703. The highest BCUT2D eigenvalue weighted by Gasteiger charge is 2.15. The molecule has 0 saturated heterocycles. The Hall–Kier alpha value is -1.98. The first-order chi connectivity index (χ1) is 10.7. The Kier molecular flexibility index (Phi) is 3.13. The van der Waals surface area contributed by atoms with Crippen LogP contribution < -0.4 is 0 Å². The van der Waals surface area contributed by atoms with Crippen molar-refractivity contribution in [2.45, 2.75) is 6.92 Å². The molecule has 6 heteroatoms. The second-order valence-corrected chi connectivity index (χ2v) is 6.26. The fourth-order valence-corrected chi connectivity index (χ4v) is 3.41. The van der Waals surface area contributed by atoms with E-state index in [1.807, 2.05) is 47.7 Å². The van der Waals surface area contributed by atoms with Crippen molar-refractivity contribution in [3.05, 3.63) is 57.9 Å². The number of hydrogen-bond acceptors (Lipinski definition) is 3. The molecule has 4 nitrogen and oxygen atoms in total. The van der Waals surface area contributed by atoms with Crippen molar-refractivity contribution in [3.63, 3.8) is 0 Å². The van der Waals surface area contributed by atoms with E-state index in [0.29, 0.717) is 5.02 Å². The third-order valence-corrected chi connectivity index (χ3v) is 4.63. The molecule has 4 aromatic rings. The summed E-state index contributed by atoms with van der Waals surface area (Å²) >= 11 is 9.97. The van der Waals surface area contributed by atoms with Crippen LogP contribution in [0.5, 0.6) is 0 Å². The van der Waals surface area contributed by atoms with E-state index in [9.17, 15) is 0 Å². The Morgan fingerprint density at radius 2 is 1.91 bits per heavy atom. The molecule has 0 aliphatic rings. The molecule has 2 heterocycles. The summed E-state index contributed by atoms with van der Waals surface area (Å²) < 4.78 is 2.89. The molecule has 0 spiro atoms. The standard InChI is InChI=1S/C16H10BrClN4/c1-9-16-21-19-8-22(16)15-12(17)7-6-11(14(15)20-9)10-4-2-3-5-13(10)18/h2-8H,1H3. The predicted molar refractivity (Wildman–Crippen MR) is 91.2 cm³/mol. The van der Waals surface area contributed by atoms with Gasteiger partial charge in [-0.2, -0.15) is 0 Å². The highest BCUT2D eigenvalue weighted by atomic mass is 79.9. The molecule has 2 aromatic carbocycles. The van der Waals surface area contributed by atoms with Gasteiger partial charge in [0, 0.05) is 20.6 Å². The lowest BCUT2D eigenvalue weighted by Crippen LogP contribution is -1.97. The van der Waals surface area contributed by atoms with Crippen molar-refractivity contribution in [2.75, 3.05) is 0 Å². The fraction of sp³-hybridized carbons (Fsp3) is 0.0625. The van der Waals surface area contributed by atoms with Crippen LogP contribution in [-0.2, 0) is 0 Å². The van der Waals surface area contributed by atoms with Crippen molar-refractivity contribution in [1.82, 2.24) is 19.6 Å². The van der Waals surface area contributed by atoms with Gasteiger partial charge in [-0.1, -0.05) is 35.9 Å². The number of nitrogens with zero attached hydrogens (tertiary/aromatic N) is 4. The fourth-order valence-electron chi connectivity index (χ4n) is 2.66. The first-order valence-corrected chi connectivity index (χ1v) is 7.87. The highest BCUT2D eigenvalue weighted by Crippen LogP contribution is 2.36. The zero-order valence-corrected chi connectivity index (χ0v) is 13.9. The summed E-state index contributed by atoms with van der Waals surface area (Å²) in [6.07, 6.45) is 1.70. The smallest absolute Gasteiger partial charge is 0.182 e. The lowest BCUT2D eigenvalue weighted by atomic mass is 10.0. The lowest BCUT2D eigenvalue weighted by molar-refractivity contribution is 1.10. The second-order valence-electron chi connectivity index (χ2n) is 4.99. The van der Waals surface area contributed by atoms with E-state index >= 15 is 0 Å². The maximum absolute atomic E-state index is 6.36. The molecule has 22 heavy (non-hydrogen) atoms. The van der Waals surface area contributed by atoms with E-state index in [1.165, 1.54) is 0 Å². The zero-order valence-electron chi connectivity index (χ0n) is 11.6. The van der Waals surface area contributed by atoms with E-state index in [0.717, 1.165) is 38.0 Å². The van der Waals surface area contributed by atoms with Crippen molar-refractivity contribution >= 4 is 44.2 Å². The molecule has 0 fully saturated rings. The first kappa shape index (κ1) is 13.7. The molecule has 108 valence electrons. The highest BCUT2D eigenvalue weighted by molar-refractivity contribution is 9.10. The van der Waals surface area contributed by atoms with Crippen LogP contribution in [-0.4, -0.2) is 19.6 Å². The average molecular weight is 374 g/mol.